The summed E-state index contributed by atoms with van der Waals surface area (Å²) in [6, 6.07) is 8.21. The predicted octanol–water partition coefficient (Wildman–Crippen LogP) is 3.06. The minimum Gasteiger partial charge on any atom is -0.302 e. The molecule has 1 rings (SSSR count). The van der Waals surface area contributed by atoms with E-state index in [2.05, 4.69) is 19.1 Å². The maximum Gasteiger partial charge on any atom is 0.135 e. The fourth-order valence-corrected chi connectivity index (χ4v) is 1.86. The lowest BCUT2D eigenvalue weighted by molar-refractivity contribution is -0.109. The molecule has 70 valence electrons. The molecular weight excluding hydrogens is 180 g/mol. The SMILES string of the molecule is Cc1ccc(SC(C)(C)C=O)cc1. The van der Waals surface area contributed by atoms with Crippen molar-refractivity contribution >= 4 is 18.0 Å². The van der Waals surface area contributed by atoms with E-state index in [1.165, 1.54) is 5.56 Å². The van der Waals surface area contributed by atoms with Gasteiger partial charge >= 0.3 is 0 Å². The Kier molecular flexibility index (Phi) is 3.15. The van der Waals surface area contributed by atoms with Crippen molar-refractivity contribution in [2.24, 2.45) is 0 Å². The Morgan fingerprint density at radius 1 is 1.23 bits per heavy atom. The molecule has 0 unspecified atom stereocenters. The molecule has 1 aromatic carbocycles. The second-order valence-corrected chi connectivity index (χ2v) is 5.36. The molecule has 0 radical (unpaired) electrons. The van der Waals surface area contributed by atoms with Crippen LogP contribution in [0.5, 0.6) is 0 Å². The highest BCUT2D eigenvalue weighted by Crippen LogP contribution is 2.30. The van der Waals surface area contributed by atoms with Gasteiger partial charge in [-0.25, -0.2) is 0 Å². The van der Waals surface area contributed by atoms with Gasteiger partial charge in [0.15, 0.2) is 0 Å². The molecule has 0 aliphatic rings. The number of carbonyl (C=O) groups excluding carboxylic acids is 1. The van der Waals surface area contributed by atoms with Crippen LogP contribution in [-0.2, 0) is 4.79 Å². The number of benzene rings is 1. The van der Waals surface area contributed by atoms with Crippen LogP contribution in [0.1, 0.15) is 19.4 Å². The molecule has 0 aliphatic carbocycles. The van der Waals surface area contributed by atoms with Crippen molar-refractivity contribution in [3.05, 3.63) is 29.8 Å². The fourth-order valence-electron chi connectivity index (χ4n) is 0.934. The summed E-state index contributed by atoms with van der Waals surface area (Å²) in [4.78, 5) is 11.8. The summed E-state index contributed by atoms with van der Waals surface area (Å²) in [5.41, 5.74) is 1.24. The summed E-state index contributed by atoms with van der Waals surface area (Å²) in [5, 5.41) is 0. The first kappa shape index (κ1) is 10.3. The van der Waals surface area contributed by atoms with Crippen molar-refractivity contribution in [1.82, 2.24) is 0 Å². The van der Waals surface area contributed by atoms with E-state index < -0.39 is 0 Å². The second kappa shape index (κ2) is 3.97. The van der Waals surface area contributed by atoms with E-state index in [1.807, 2.05) is 26.0 Å². The van der Waals surface area contributed by atoms with Gasteiger partial charge in [0.1, 0.15) is 6.29 Å². The van der Waals surface area contributed by atoms with E-state index in [4.69, 9.17) is 0 Å². The van der Waals surface area contributed by atoms with Crippen LogP contribution in [-0.4, -0.2) is 11.0 Å². The molecule has 0 bridgehead atoms. The number of thioether (sulfide) groups is 1. The highest BCUT2D eigenvalue weighted by atomic mass is 32.2. The van der Waals surface area contributed by atoms with Gasteiger partial charge in [0.25, 0.3) is 0 Å². The van der Waals surface area contributed by atoms with Gasteiger partial charge in [-0.1, -0.05) is 17.7 Å². The highest BCUT2D eigenvalue weighted by Gasteiger charge is 2.17. The van der Waals surface area contributed by atoms with E-state index in [0.29, 0.717) is 0 Å². The molecule has 0 aliphatic heterocycles. The van der Waals surface area contributed by atoms with Crippen molar-refractivity contribution in [1.29, 1.82) is 0 Å². The monoisotopic (exact) mass is 194 g/mol. The third-order valence-corrected chi connectivity index (χ3v) is 2.82. The van der Waals surface area contributed by atoms with Gasteiger partial charge in [-0.15, -0.1) is 11.8 Å². The fraction of sp³-hybridized carbons (Fsp3) is 0.364. The smallest absolute Gasteiger partial charge is 0.135 e. The van der Waals surface area contributed by atoms with Gasteiger partial charge in [0, 0.05) is 4.90 Å². The quantitative estimate of drug-likeness (QED) is 0.543. The zero-order valence-electron chi connectivity index (χ0n) is 8.20. The summed E-state index contributed by atoms with van der Waals surface area (Å²) in [6.07, 6.45) is 0.984. The van der Waals surface area contributed by atoms with Gasteiger partial charge in [-0.3, -0.25) is 0 Å². The van der Waals surface area contributed by atoms with Gasteiger partial charge in [0.05, 0.1) is 4.75 Å². The lowest BCUT2D eigenvalue weighted by atomic mass is 10.2. The summed E-state index contributed by atoms with van der Waals surface area (Å²) in [6.45, 7) is 5.90. The zero-order chi connectivity index (χ0) is 9.90. The maximum atomic E-state index is 10.7. The van der Waals surface area contributed by atoms with Gasteiger partial charge in [0.2, 0.25) is 0 Å². The Labute approximate surface area is 83.5 Å². The number of aldehydes is 1. The third kappa shape index (κ3) is 3.23. The molecule has 0 spiro atoms. The average molecular weight is 194 g/mol. The van der Waals surface area contributed by atoms with Crippen LogP contribution in [0.2, 0.25) is 0 Å². The van der Waals surface area contributed by atoms with Crippen molar-refractivity contribution in [2.75, 3.05) is 0 Å². The first-order valence-electron chi connectivity index (χ1n) is 4.25. The van der Waals surface area contributed by atoms with Crippen LogP contribution in [0.3, 0.4) is 0 Å². The number of rotatable bonds is 3. The van der Waals surface area contributed by atoms with E-state index in [0.717, 1.165) is 11.2 Å². The third-order valence-electron chi connectivity index (χ3n) is 1.69. The molecule has 13 heavy (non-hydrogen) atoms. The summed E-state index contributed by atoms with van der Waals surface area (Å²) in [7, 11) is 0. The van der Waals surface area contributed by atoms with E-state index in [-0.39, 0.29) is 4.75 Å². The second-order valence-electron chi connectivity index (χ2n) is 3.64. The van der Waals surface area contributed by atoms with E-state index in [1.54, 1.807) is 11.8 Å². The highest BCUT2D eigenvalue weighted by molar-refractivity contribution is 8.01. The molecule has 0 fully saturated rings. The van der Waals surface area contributed by atoms with Crippen molar-refractivity contribution in [2.45, 2.75) is 30.4 Å². The number of hydrogen-bond acceptors (Lipinski definition) is 2. The van der Waals surface area contributed by atoms with Crippen molar-refractivity contribution in [3.63, 3.8) is 0 Å². The molecule has 0 N–H and O–H groups in total. The summed E-state index contributed by atoms with van der Waals surface area (Å²) >= 11 is 1.59. The summed E-state index contributed by atoms with van der Waals surface area (Å²) in [5.74, 6) is 0. The lowest BCUT2D eigenvalue weighted by Crippen LogP contribution is -2.15. The lowest BCUT2D eigenvalue weighted by Gasteiger charge is -2.15. The molecule has 1 aromatic rings. The van der Waals surface area contributed by atoms with Crippen LogP contribution in [0, 0.1) is 6.92 Å². The molecule has 0 saturated heterocycles. The topological polar surface area (TPSA) is 17.1 Å². The maximum absolute atomic E-state index is 10.7. The van der Waals surface area contributed by atoms with Crippen LogP contribution in [0.15, 0.2) is 29.2 Å². The molecule has 0 atom stereocenters. The molecule has 0 heterocycles. The van der Waals surface area contributed by atoms with Crippen LogP contribution in [0.25, 0.3) is 0 Å². The molecule has 1 nitrogen and oxygen atoms in total. The largest absolute Gasteiger partial charge is 0.302 e. The molecule has 0 saturated carbocycles. The molecule has 2 heteroatoms. The minimum atomic E-state index is -0.324. The summed E-state index contributed by atoms with van der Waals surface area (Å²) < 4.78 is -0.324. The average Bonchev–Trinajstić information content (AvgIpc) is 2.09. The van der Waals surface area contributed by atoms with Gasteiger partial charge < -0.3 is 4.79 Å². The Balaban J connectivity index is 2.75. The standard InChI is InChI=1S/C11H14OS/c1-9-4-6-10(7-5-9)13-11(2,3)8-12/h4-8H,1-3H3. The Morgan fingerprint density at radius 2 is 1.77 bits per heavy atom. The number of hydrogen-bond donors (Lipinski definition) is 0. The van der Waals surface area contributed by atoms with Gasteiger partial charge in [-0.2, -0.15) is 0 Å². The van der Waals surface area contributed by atoms with E-state index >= 15 is 0 Å². The molecule has 0 aromatic heterocycles. The van der Waals surface area contributed by atoms with E-state index in [9.17, 15) is 4.79 Å². The number of aryl methyl sites for hydroxylation is 1. The normalized spacial score (nSPS) is 11.3. The van der Waals surface area contributed by atoms with Crippen LogP contribution in [0.4, 0.5) is 0 Å². The zero-order valence-corrected chi connectivity index (χ0v) is 9.02. The molecular formula is C11H14OS. The Morgan fingerprint density at radius 3 is 2.23 bits per heavy atom. The van der Waals surface area contributed by atoms with Crippen molar-refractivity contribution in [3.8, 4) is 0 Å². The number of carbonyl (C=O) groups is 1. The van der Waals surface area contributed by atoms with Crippen LogP contribution >= 0.6 is 11.8 Å². The predicted molar refractivity (Wildman–Crippen MR) is 57.2 cm³/mol. The molecule has 0 amide bonds. The Bertz CT molecular complexity index is 287. The first-order chi connectivity index (χ1) is 6.03. The Hall–Kier alpha value is -0.760. The van der Waals surface area contributed by atoms with Gasteiger partial charge in [-0.05, 0) is 32.9 Å². The first-order valence-corrected chi connectivity index (χ1v) is 5.07. The minimum absolute atomic E-state index is 0.324. The van der Waals surface area contributed by atoms with Crippen LogP contribution < -0.4 is 0 Å². The van der Waals surface area contributed by atoms with Crippen molar-refractivity contribution < 1.29 is 4.79 Å².